The van der Waals surface area contributed by atoms with Gasteiger partial charge in [0.05, 0.1) is 18.5 Å². The summed E-state index contributed by atoms with van der Waals surface area (Å²) in [7, 11) is 1.65. The molecule has 3 aromatic rings. The molecule has 0 saturated heterocycles. The van der Waals surface area contributed by atoms with E-state index < -0.39 is 0 Å². The Kier molecular flexibility index (Phi) is 3.89. The number of benzene rings is 2. The van der Waals surface area contributed by atoms with Crippen molar-refractivity contribution in [3.8, 4) is 22.7 Å². The van der Waals surface area contributed by atoms with Crippen LogP contribution >= 0.6 is 0 Å². The second-order valence-electron chi connectivity index (χ2n) is 5.07. The Morgan fingerprint density at radius 2 is 1.95 bits per heavy atom. The van der Waals surface area contributed by atoms with Crippen LogP contribution in [0.3, 0.4) is 0 Å². The Morgan fingerprint density at radius 1 is 1.14 bits per heavy atom. The van der Waals surface area contributed by atoms with Gasteiger partial charge in [0.2, 0.25) is 0 Å². The van der Waals surface area contributed by atoms with Gasteiger partial charge in [0.25, 0.3) is 0 Å². The van der Waals surface area contributed by atoms with Gasteiger partial charge < -0.3 is 10.5 Å². The van der Waals surface area contributed by atoms with Gasteiger partial charge in [-0.2, -0.15) is 0 Å². The largest absolute Gasteiger partial charge is 0.497 e. The molecule has 0 saturated carbocycles. The summed E-state index contributed by atoms with van der Waals surface area (Å²) in [5, 5.41) is 8.50. The Hall–Kier alpha value is -2.66. The fraction of sp³-hybridized carbons (Fsp3) is 0.176. The molecule has 5 heteroatoms. The van der Waals surface area contributed by atoms with E-state index in [2.05, 4.69) is 29.4 Å². The molecule has 0 aliphatic rings. The number of aryl methyl sites for hydroxylation is 1. The third-order valence-electron chi connectivity index (χ3n) is 3.52. The molecule has 0 aliphatic heterocycles. The van der Waals surface area contributed by atoms with Gasteiger partial charge in [-0.1, -0.05) is 29.5 Å². The molecule has 0 amide bonds. The van der Waals surface area contributed by atoms with Crippen molar-refractivity contribution in [3.05, 3.63) is 59.8 Å². The van der Waals surface area contributed by atoms with Crippen LogP contribution in [0.2, 0.25) is 0 Å². The highest BCUT2D eigenvalue weighted by Gasteiger charge is 2.15. The van der Waals surface area contributed by atoms with Crippen molar-refractivity contribution in [2.24, 2.45) is 5.73 Å². The van der Waals surface area contributed by atoms with Gasteiger partial charge in [0.15, 0.2) is 0 Å². The van der Waals surface area contributed by atoms with Gasteiger partial charge in [0, 0.05) is 12.1 Å². The van der Waals surface area contributed by atoms with Crippen molar-refractivity contribution in [1.29, 1.82) is 0 Å². The summed E-state index contributed by atoms with van der Waals surface area (Å²) < 4.78 is 7.13. The Labute approximate surface area is 129 Å². The van der Waals surface area contributed by atoms with E-state index in [0.717, 1.165) is 28.4 Å². The molecule has 0 radical (unpaired) electrons. The van der Waals surface area contributed by atoms with E-state index >= 15 is 0 Å². The quantitative estimate of drug-likeness (QED) is 0.803. The maximum atomic E-state index is 5.83. The van der Waals surface area contributed by atoms with E-state index in [1.807, 2.05) is 41.1 Å². The van der Waals surface area contributed by atoms with Gasteiger partial charge in [0.1, 0.15) is 11.4 Å². The molecule has 112 valence electrons. The third-order valence-corrected chi connectivity index (χ3v) is 3.52. The molecule has 0 bridgehead atoms. The molecule has 0 fully saturated rings. The van der Waals surface area contributed by atoms with Gasteiger partial charge in [-0.25, -0.2) is 4.68 Å². The average Bonchev–Trinajstić information content (AvgIpc) is 2.99. The zero-order chi connectivity index (χ0) is 15.5. The van der Waals surface area contributed by atoms with E-state index in [-0.39, 0.29) is 0 Å². The lowest BCUT2D eigenvalue weighted by Crippen LogP contribution is -2.03. The summed E-state index contributed by atoms with van der Waals surface area (Å²) in [6.45, 7) is 2.38. The summed E-state index contributed by atoms with van der Waals surface area (Å²) in [6, 6.07) is 16.0. The Morgan fingerprint density at radius 3 is 2.68 bits per heavy atom. The molecule has 0 aliphatic carbocycles. The van der Waals surface area contributed by atoms with E-state index in [4.69, 9.17) is 10.5 Å². The van der Waals surface area contributed by atoms with Crippen molar-refractivity contribution in [2.75, 3.05) is 7.11 Å². The predicted molar refractivity (Wildman–Crippen MR) is 86.0 cm³/mol. The number of rotatable bonds is 4. The normalized spacial score (nSPS) is 10.7. The van der Waals surface area contributed by atoms with Crippen molar-refractivity contribution in [1.82, 2.24) is 15.0 Å². The fourth-order valence-corrected chi connectivity index (χ4v) is 2.45. The lowest BCUT2D eigenvalue weighted by atomic mass is 10.1. The second-order valence-corrected chi connectivity index (χ2v) is 5.07. The molecule has 2 N–H and O–H groups in total. The number of methoxy groups -OCH3 is 1. The van der Waals surface area contributed by atoms with Crippen LogP contribution in [0.4, 0.5) is 0 Å². The molecule has 1 aromatic heterocycles. The van der Waals surface area contributed by atoms with Crippen LogP contribution in [0.1, 0.15) is 11.3 Å². The first kappa shape index (κ1) is 14.3. The molecule has 0 spiro atoms. The lowest BCUT2D eigenvalue weighted by molar-refractivity contribution is 0.415. The van der Waals surface area contributed by atoms with Crippen molar-refractivity contribution in [3.63, 3.8) is 0 Å². The third kappa shape index (κ3) is 2.58. The molecule has 5 nitrogen and oxygen atoms in total. The zero-order valence-corrected chi connectivity index (χ0v) is 12.7. The number of aromatic nitrogens is 3. The monoisotopic (exact) mass is 294 g/mol. The Balaban J connectivity index is 2.19. The molecule has 0 atom stereocenters. The summed E-state index contributed by atoms with van der Waals surface area (Å²) >= 11 is 0. The highest BCUT2D eigenvalue weighted by atomic mass is 16.5. The van der Waals surface area contributed by atoms with E-state index in [1.165, 1.54) is 5.56 Å². The lowest BCUT2D eigenvalue weighted by Gasteiger charge is -2.10. The second kappa shape index (κ2) is 5.99. The van der Waals surface area contributed by atoms with Crippen LogP contribution in [-0.2, 0) is 6.54 Å². The van der Waals surface area contributed by atoms with Crippen LogP contribution in [0.25, 0.3) is 16.9 Å². The zero-order valence-electron chi connectivity index (χ0n) is 12.7. The van der Waals surface area contributed by atoms with Gasteiger partial charge in [-0.15, -0.1) is 5.10 Å². The van der Waals surface area contributed by atoms with E-state index in [0.29, 0.717) is 6.54 Å². The summed E-state index contributed by atoms with van der Waals surface area (Å²) in [4.78, 5) is 0. The fourth-order valence-electron chi connectivity index (χ4n) is 2.45. The first-order chi connectivity index (χ1) is 10.7. The van der Waals surface area contributed by atoms with Crippen molar-refractivity contribution >= 4 is 0 Å². The first-order valence-electron chi connectivity index (χ1n) is 7.09. The van der Waals surface area contributed by atoms with E-state index in [1.54, 1.807) is 7.11 Å². The minimum Gasteiger partial charge on any atom is -0.497 e. The molecule has 2 aromatic carbocycles. The van der Waals surface area contributed by atoms with Gasteiger partial charge in [-0.3, -0.25) is 0 Å². The standard InChI is InChI=1S/C17H18N4O/c1-12-5-3-7-14(9-12)21-17(16(11-18)19-20-21)13-6-4-8-15(10-13)22-2/h3-10H,11,18H2,1-2H3. The van der Waals surface area contributed by atoms with Crippen LogP contribution in [0, 0.1) is 6.92 Å². The van der Waals surface area contributed by atoms with Crippen LogP contribution in [0.15, 0.2) is 48.5 Å². The first-order valence-corrected chi connectivity index (χ1v) is 7.09. The molecule has 1 heterocycles. The maximum absolute atomic E-state index is 5.83. The summed E-state index contributed by atoms with van der Waals surface area (Å²) in [6.07, 6.45) is 0. The van der Waals surface area contributed by atoms with Gasteiger partial charge in [-0.05, 0) is 36.8 Å². The highest BCUT2D eigenvalue weighted by Crippen LogP contribution is 2.28. The maximum Gasteiger partial charge on any atom is 0.119 e. The number of hydrogen-bond donors (Lipinski definition) is 1. The minimum absolute atomic E-state index is 0.332. The molecule has 3 rings (SSSR count). The number of hydrogen-bond acceptors (Lipinski definition) is 4. The predicted octanol–water partition coefficient (Wildman–Crippen LogP) is 2.71. The topological polar surface area (TPSA) is 66.0 Å². The smallest absolute Gasteiger partial charge is 0.119 e. The minimum atomic E-state index is 0.332. The van der Waals surface area contributed by atoms with Crippen LogP contribution < -0.4 is 10.5 Å². The van der Waals surface area contributed by atoms with Crippen LogP contribution in [-0.4, -0.2) is 22.1 Å². The summed E-state index contributed by atoms with van der Waals surface area (Å²) in [5.41, 5.74) is 10.6. The number of ether oxygens (including phenoxy) is 1. The van der Waals surface area contributed by atoms with E-state index in [9.17, 15) is 0 Å². The number of nitrogens with two attached hydrogens (primary N) is 1. The van der Waals surface area contributed by atoms with Gasteiger partial charge >= 0.3 is 0 Å². The Bertz CT molecular complexity index is 795. The average molecular weight is 294 g/mol. The molecular weight excluding hydrogens is 276 g/mol. The molecule has 22 heavy (non-hydrogen) atoms. The highest BCUT2D eigenvalue weighted by molar-refractivity contribution is 5.66. The molecule has 0 unspecified atom stereocenters. The number of nitrogens with zero attached hydrogens (tertiary/aromatic N) is 3. The van der Waals surface area contributed by atoms with Crippen LogP contribution in [0.5, 0.6) is 5.75 Å². The SMILES string of the molecule is COc1cccc(-c2c(CN)nnn2-c2cccc(C)c2)c1. The van der Waals surface area contributed by atoms with Crippen molar-refractivity contribution < 1.29 is 4.74 Å². The van der Waals surface area contributed by atoms with Crippen molar-refractivity contribution in [2.45, 2.75) is 13.5 Å². The summed E-state index contributed by atoms with van der Waals surface area (Å²) in [5.74, 6) is 0.789. The molecular formula is C17H18N4O.